The summed E-state index contributed by atoms with van der Waals surface area (Å²) in [5.41, 5.74) is 1.38. The molecule has 0 fully saturated rings. The van der Waals surface area contributed by atoms with Crippen LogP contribution in [0.25, 0.3) is 21.7 Å². The Morgan fingerprint density at radius 3 is 2.71 bits per heavy atom. The first-order chi connectivity index (χ1) is 11.6. The molecule has 0 aliphatic heterocycles. The number of aryl methyl sites for hydroxylation is 1. The highest BCUT2D eigenvalue weighted by Gasteiger charge is 2.21. The molecule has 0 spiro atoms. The Bertz CT molecular complexity index is 910. The Morgan fingerprint density at radius 2 is 1.92 bits per heavy atom. The van der Waals surface area contributed by atoms with E-state index in [0.717, 1.165) is 28.1 Å². The van der Waals surface area contributed by atoms with Crippen molar-refractivity contribution < 1.29 is 18.7 Å². The zero-order chi connectivity index (χ0) is 17.1. The van der Waals surface area contributed by atoms with Crippen molar-refractivity contribution >= 4 is 33.6 Å². The molecule has 124 valence electrons. The summed E-state index contributed by atoms with van der Waals surface area (Å²) in [5.74, 6) is -0.798. The number of hydrogen-bond donors (Lipinski definition) is 1. The van der Waals surface area contributed by atoms with E-state index in [1.165, 1.54) is 0 Å². The topological polar surface area (TPSA) is 68.5 Å². The average molecular weight is 325 g/mol. The second-order valence-corrected chi connectivity index (χ2v) is 5.65. The largest absolute Gasteiger partial charge is 0.450 e. The Morgan fingerprint density at radius 1 is 1.12 bits per heavy atom. The maximum Gasteiger partial charge on any atom is 0.375 e. The molecule has 0 aliphatic carbocycles. The number of fused-ring (bicyclic) bond motifs is 3. The second-order valence-electron chi connectivity index (χ2n) is 5.65. The number of nitrogens with one attached hydrogen (secondary N) is 1. The fourth-order valence-corrected chi connectivity index (χ4v) is 2.66. The van der Waals surface area contributed by atoms with Crippen LogP contribution in [-0.4, -0.2) is 25.0 Å². The molecule has 1 amide bonds. The van der Waals surface area contributed by atoms with Crippen LogP contribution in [0.5, 0.6) is 0 Å². The van der Waals surface area contributed by atoms with Crippen LogP contribution in [0.1, 0.15) is 29.5 Å². The lowest BCUT2D eigenvalue weighted by Crippen LogP contribution is -2.29. The number of ether oxygens (including phenoxy) is 1. The van der Waals surface area contributed by atoms with Crippen LogP contribution >= 0.6 is 0 Å². The third-order valence-electron chi connectivity index (χ3n) is 3.92. The Hall–Kier alpha value is -2.82. The first-order valence-corrected chi connectivity index (χ1v) is 7.96. The number of hydrogen-bond acceptors (Lipinski definition) is 4. The summed E-state index contributed by atoms with van der Waals surface area (Å²) in [7, 11) is 0. The van der Waals surface area contributed by atoms with Crippen LogP contribution in [-0.2, 0) is 9.53 Å². The molecule has 1 heterocycles. The lowest BCUT2D eigenvalue weighted by atomic mass is 10.1. The molecule has 3 rings (SSSR count). The van der Waals surface area contributed by atoms with Crippen LogP contribution in [0.15, 0.2) is 40.8 Å². The maximum absolute atomic E-state index is 12.3. The third kappa shape index (κ3) is 2.97. The Labute approximate surface area is 139 Å². The zero-order valence-corrected chi connectivity index (χ0v) is 13.7. The van der Waals surface area contributed by atoms with Crippen LogP contribution in [0.4, 0.5) is 0 Å². The summed E-state index contributed by atoms with van der Waals surface area (Å²) in [4.78, 5) is 23.8. The van der Waals surface area contributed by atoms with Gasteiger partial charge in [0.15, 0.2) is 6.61 Å². The van der Waals surface area contributed by atoms with Gasteiger partial charge in [-0.15, -0.1) is 0 Å². The van der Waals surface area contributed by atoms with Crippen molar-refractivity contribution in [3.05, 3.63) is 47.7 Å². The predicted octanol–water partition coefficient (Wildman–Crippen LogP) is 3.58. The fourth-order valence-electron chi connectivity index (χ4n) is 2.66. The number of rotatable bonds is 5. The summed E-state index contributed by atoms with van der Waals surface area (Å²) in [6, 6.07) is 11.7. The van der Waals surface area contributed by atoms with Gasteiger partial charge in [-0.25, -0.2) is 4.79 Å². The minimum absolute atomic E-state index is 0.143. The number of furan rings is 1. The number of carbonyl (C=O) groups is 2. The molecule has 2 aromatic carbocycles. The van der Waals surface area contributed by atoms with Gasteiger partial charge >= 0.3 is 5.97 Å². The van der Waals surface area contributed by atoms with Crippen LogP contribution in [0, 0.1) is 6.92 Å². The smallest absolute Gasteiger partial charge is 0.375 e. The normalized spacial score (nSPS) is 10.9. The minimum Gasteiger partial charge on any atom is -0.450 e. The van der Waals surface area contributed by atoms with E-state index < -0.39 is 5.97 Å². The molecule has 5 heteroatoms. The molecule has 1 N–H and O–H groups in total. The monoisotopic (exact) mass is 325 g/mol. The minimum atomic E-state index is -0.626. The van der Waals surface area contributed by atoms with Gasteiger partial charge in [-0.2, -0.15) is 0 Å². The van der Waals surface area contributed by atoms with Crippen molar-refractivity contribution in [1.82, 2.24) is 5.32 Å². The van der Waals surface area contributed by atoms with Crippen molar-refractivity contribution in [2.24, 2.45) is 0 Å². The van der Waals surface area contributed by atoms with Gasteiger partial charge in [-0.3, -0.25) is 4.79 Å². The lowest BCUT2D eigenvalue weighted by Gasteiger charge is -2.04. The van der Waals surface area contributed by atoms with E-state index in [1.807, 2.05) is 50.2 Å². The Kier molecular flexibility index (Phi) is 4.51. The van der Waals surface area contributed by atoms with Crippen molar-refractivity contribution in [3.8, 4) is 0 Å². The molecule has 1 aromatic heterocycles. The first kappa shape index (κ1) is 16.1. The van der Waals surface area contributed by atoms with Crippen molar-refractivity contribution in [2.45, 2.75) is 20.3 Å². The highest BCUT2D eigenvalue weighted by Crippen LogP contribution is 2.31. The number of carbonyl (C=O) groups excluding carboxylic acids is 2. The molecule has 0 aliphatic rings. The van der Waals surface area contributed by atoms with Gasteiger partial charge in [-0.1, -0.05) is 43.3 Å². The van der Waals surface area contributed by atoms with Gasteiger partial charge in [0.2, 0.25) is 5.76 Å². The summed E-state index contributed by atoms with van der Waals surface area (Å²) >= 11 is 0. The highest BCUT2D eigenvalue weighted by atomic mass is 16.5. The molecular formula is C19H19NO4. The summed E-state index contributed by atoms with van der Waals surface area (Å²) in [6.07, 6.45) is 0.829. The quantitative estimate of drug-likeness (QED) is 0.728. The molecule has 0 saturated heterocycles. The molecule has 5 nitrogen and oxygen atoms in total. The van der Waals surface area contributed by atoms with Gasteiger partial charge < -0.3 is 14.5 Å². The van der Waals surface area contributed by atoms with E-state index in [9.17, 15) is 9.59 Å². The van der Waals surface area contributed by atoms with Gasteiger partial charge in [-0.05, 0) is 18.7 Å². The molecule has 0 unspecified atom stereocenters. The Balaban J connectivity index is 1.87. The van der Waals surface area contributed by atoms with Crippen LogP contribution in [0.2, 0.25) is 0 Å². The summed E-state index contributed by atoms with van der Waals surface area (Å²) in [5, 5.41) is 5.51. The molecule has 0 radical (unpaired) electrons. The predicted molar refractivity (Wildman–Crippen MR) is 92.0 cm³/mol. The van der Waals surface area contributed by atoms with E-state index in [4.69, 9.17) is 9.15 Å². The maximum atomic E-state index is 12.3. The van der Waals surface area contributed by atoms with E-state index in [-0.39, 0.29) is 18.3 Å². The van der Waals surface area contributed by atoms with E-state index in [1.54, 1.807) is 0 Å². The average Bonchev–Trinajstić information content (AvgIpc) is 2.95. The molecule has 3 aromatic rings. The molecule has 0 atom stereocenters. The summed E-state index contributed by atoms with van der Waals surface area (Å²) < 4.78 is 10.8. The van der Waals surface area contributed by atoms with E-state index in [0.29, 0.717) is 12.1 Å². The van der Waals surface area contributed by atoms with Gasteiger partial charge in [0.05, 0.1) is 0 Å². The first-order valence-electron chi connectivity index (χ1n) is 7.96. The van der Waals surface area contributed by atoms with Gasteiger partial charge in [0, 0.05) is 22.9 Å². The number of benzene rings is 2. The van der Waals surface area contributed by atoms with Gasteiger partial charge in [0.25, 0.3) is 5.91 Å². The molecular weight excluding hydrogens is 306 g/mol. The van der Waals surface area contributed by atoms with Gasteiger partial charge in [0.1, 0.15) is 5.58 Å². The van der Waals surface area contributed by atoms with Crippen molar-refractivity contribution in [1.29, 1.82) is 0 Å². The number of amides is 1. The highest BCUT2D eigenvalue weighted by molar-refractivity contribution is 6.08. The van der Waals surface area contributed by atoms with Crippen LogP contribution in [0.3, 0.4) is 0 Å². The SMILES string of the molecule is CCCNC(=O)COC(=O)c1oc2c(ccc3ccccc32)c1C. The lowest BCUT2D eigenvalue weighted by molar-refractivity contribution is -0.124. The van der Waals surface area contributed by atoms with Crippen LogP contribution < -0.4 is 5.32 Å². The van der Waals surface area contributed by atoms with Crippen molar-refractivity contribution in [3.63, 3.8) is 0 Å². The fraction of sp³-hybridized carbons (Fsp3) is 0.263. The summed E-state index contributed by atoms with van der Waals surface area (Å²) in [6.45, 7) is 4.02. The third-order valence-corrected chi connectivity index (χ3v) is 3.92. The van der Waals surface area contributed by atoms with Crippen molar-refractivity contribution in [2.75, 3.05) is 13.2 Å². The molecule has 24 heavy (non-hydrogen) atoms. The number of esters is 1. The standard InChI is InChI=1S/C19H19NO4/c1-3-10-20-16(21)11-23-19(22)17-12(2)14-9-8-13-6-4-5-7-15(13)18(14)24-17/h4-9H,3,10-11H2,1-2H3,(H,20,21). The second kappa shape index (κ2) is 6.74. The van der Waals surface area contributed by atoms with E-state index in [2.05, 4.69) is 5.32 Å². The zero-order valence-electron chi connectivity index (χ0n) is 13.7. The molecule has 0 bridgehead atoms. The van der Waals surface area contributed by atoms with E-state index >= 15 is 0 Å². The molecule has 0 saturated carbocycles.